The number of hydrogen-bond donors (Lipinski definition) is 3. The Bertz CT molecular complexity index is 369. The van der Waals surface area contributed by atoms with Gasteiger partial charge in [0.25, 0.3) is 0 Å². The molecule has 0 aromatic carbocycles. The van der Waals surface area contributed by atoms with Gasteiger partial charge in [-0.25, -0.2) is 9.97 Å². The Morgan fingerprint density at radius 2 is 1.83 bits per heavy atom. The van der Waals surface area contributed by atoms with Crippen molar-refractivity contribution >= 4 is 11.6 Å². The normalized spacial score (nSPS) is 11.4. The number of aromatic nitrogens is 2. The van der Waals surface area contributed by atoms with Crippen LogP contribution in [0.5, 0.6) is 0 Å². The average Bonchev–Trinajstić information content (AvgIpc) is 2.42. The lowest BCUT2D eigenvalue weighted by atomic mass is 9.83. The van der Waals surface area contributed by atoms with Crippen LogP contribution in [0.4, 0.5) is 11.6 Å². The van der Waals surface area contributed by atoms with Gasteiger partial charge in [0.1, 0.15) is 18.0 Å². The molecule has 0 atom stereocenters. The lowest BCUT2D eigenvalue weighted by Crippen LogP contribution is -2.32. The van der Waals surface area contributed by atoms with Crippen molar-refractivity contribution in [3.8, 4) is 0 Å². The summed E-state index contributed by atoms with van der Waals surface area (Å²) in [7, 11) is 1.84. The van der Waals surface area contributed by atoms with Gasteiger partial charge in [-0.1, -0.05) is 13.8 Å². The molecule has 5 nitrogen and oxygen atoms in total. The number of aliphatic hydroxyl groups excluding tert-OH is 1. The van der Waals surface area contributed by atoms with E-state index in [1.54, 1.807) is 6.33 Å². The van der Waals surface area contributed by atoms with Gasteiger partial charge in [0.15, 0.2) is 0 Å². The van der Waals surface area contributed by atoms with Crippen LogP contribution in [0, 0.1) is 12.3 Å². The summed E-state index contributed by atoms with van der Waals surface area (Å²) < 4.78 is 0. The molecule has 3 N–H and O–H groups in total. The third-order valence-electron chi connectivity index (χ3n) is 3.79. The molecule has 102 valence electrons. The number of nitrogens with zero attached hydrogens (tertiary/aromatic N) is 2. The SMILES string of the molecule is CCC(CC)(CO)CNc1ncnc(NC)c1C. The van der Waals surface area contributed by atoms with Crippen molar-refractivity contribution in [1.82, 2.24) is 9.97 Å². The Balaban J connectivity index is 2.79. The molecule has 1 aromatic rings. The first kappa shape index (κ1) is 14.7. The molecule has 0 aliphatic heterocycles. The van der Waals surface area contributed by atoms with Crippen molar-refractivity contribution in [2.24, 2.45) is 5.41 Å². The highest BCUT2D eigenvalue weighted by Crippen LogP contribution is 2.27. The Morgan fingerprint density at radius 3 is 2.33 bits per heavy atom. The minimum atomic E-state index is -0.0722. The molecule has 0 saturated carbocycles. The van der Waals surface area contributed by atoms with E-state index in [4.69, 9.17) is 0 Å². The van der Waals surface area contributed by atoms with Crippen molar-refractivity contribution in [3.63, 3.8) is 0 Å². The number of hydrogen-bond acceptors (Lipinski definition) is 5. The standard InChI is InChI=1S/C13H24N4O/c1-5-13(6-2,8-18)7-15-12-10(3)11(14-4)16-9-17-12/h9,18H,5-8H2,1-4H3,(H2,14,15,16,17). The van der Waals surface area contributed by atoms with E-state index in [-0.39, 0.29) is 12.0 Å². The molecule has 0 radical (unpaired) electrons. The van der Waals surface area contributed by atoms with Crippen LogP contribution < -0.4 is 10.6 Å². The van der Waals surface area contributed by atoms with Gasteiger partial charge in [0.2, 0.25) is 0 Å². The third kappa shape index (κ3) is 3.10. The molecule has 0 fully saturated rings. The monoisotopic (exact) mass is 252 g/mol. The van der Waals surface area contributed by atoms with Crippen molar-refractivity contribution in [3.05, 3.63) is 11.9 Å². The van der Waals surface area contributed by atoms with E-state index in [0.717, 1.165) is 36.6 Å². The van der Waals surface area contributed by atoms with Crippen molar-refractivity contribution < 1.29 is 5.11 Å². The van der Waals surface area contributed by atoms with E-state index in [2.05, 4.69) is 34.4 Å². The third-order valence-corrected chi connectivity index (χ3v) is 3.79. The fraction of sp³-hybridized carbons (Fsp3) is 0.692. The molecule has 0 aliphatic carbocycles. The first-order chi connectivity index (χ1) is 8.62. The summed E-state index contributed by atoms with van der Waals surface area (Å²) in [6.07, 6.45) is 3.42. The van der Waals surface area contributed by atoms with Gasteiger partial charge >= 0.3 is 0 Å². The molecule has 18 heavy (non-hydrogen) atoms. The Kier molecular flexibility index (Phi) is 5.34. The van der Waals surface area contributed by atoms with Crippen LogP contribution in [0.15, 0.2) is 6.33 Å². The Morgan fingerprint density at radius 1 is 1.22 bits per heavy atom. The highest BCUT2D eigenvalue weighted by atomic mass is 16.3. The summed E-state index contributed by atoms with van der Waals surface area (Å²) in [5.74, 6) is 1.66. The zero-order valence-electron chi connectivity index (χ0n) is 11.7. The highest BCUT2D eigenvalue weighted by Gasteiger charge is 2.25. The second kappa shape index (κ2) is 6.54. The van der Waals surface area contributed by atoms with E-state index in [1.165, 1.54) is 0 Å². The van der Waals surface area contributed by atoms with E-state index in [1.807, 2.05) is 14.0 Å². The van der Waals surface area contributed by atoms with Crippen LogP contribution in [-0.2, 0) is 0 Å². The number of nitrogens with one attached hydrogen (secondary N) is 2. The summed E-state index contributed by atoms with van der Waals surface area (Å²) in [5, 5.41) is 15.9. The van der Waals surface area contributed by atoms with Gasteiger partial charge in [-0.15, -0.1) is 0 Å². The van der Waals surface area contributed by atoms with E-state index < -0.39 is 0 Å². The molecule has 5 heteroatoms. The van der Waals surface area contributed by atoms with Crippen molar-refractivity contribution in [1.29, 1.82) is 0 Å². The maximum absolute atomic E-state index is 9.54. The average molecular weight is 252 g/mol. The fourth-order valence-electron chi connectivity index (χ4n) is 1.93. The second-order valence-corrected chi connectivity index (χ2v) is 4.66. The maximum Gasteiger partial charge on any atom is 0.134 e. The molecule has 0 unspecified atom stereocenters. The Labute approximate surface area is 109 Å². The predicted molar refractivity (Wildman–Crippen MR) is 74.9 cm³/mol. The molecular formula is C13H24N4O. The zero-order valence-corrected chi connectivity index (χ0v) is 11.7. The van der Waals surface area contributed by atoms with Crippen LogP contribution >= 0.6 is 0 Å². The largest absolute Gasteiger partial charge is 0.396 e. The number of rotatable bonds is 7. The van der Waals surface area contributed by atoms with Crippen LogP contribution in [0.1, 0.15) is 32.3 Å². The van der Waals surface area contributed by atoms with Gasteiger partial charge in [-0.3, -0.25) is 0 Å². The lowest BCUT2D eigenvalue weighted by molar-refractivity contribution is 0.127. The molecule has 0 aliphatic rings. The van der Waals surface area contributed by atoms with Crippen molar-refractivity contribution in [2.45, 2.75) is 33.6 Å². The Hall–Kier alpha value is -1.36. The first-order valence-corrected chi connectivity index (χ1v) is 6.46. The van der Waals surface area contributed by atoms with E-state index in [9.17, 15) is 5.11 Å². The molecular weight excluding hydrogens is 228 g/mol. The zero-order chi connectivity index (χ0) is 13.6. The van der Waals surface area contributed by atoms with Gasteiger partial charge in [-0.05, 0) is 19.8 Å². The lowest BCUT2D eigenvalue weighted by Gasteiger charge is -2.30. The molecule has 1 rings (SSSR count). The predicted octanol–water partition coefficient (Wildman–Crippen LogP) is 2.04. The number of aliphatic hydroxyl groups is 1. The summed E-state index contributed by atoms with van der Waals surface area (Å²) in [6.45, 7) is 7.10. The van der Waals surface area contributed by atoms with E-state index >= 15 is 0 Å². The molecule has 0 amide bonds. The second-order valence-electron chi connectivity index (χ2n) is 4.66. The molecule has 1 heterocycles. The number of anilines is 2. The maximum atomic E-state index is 9.54. The van der Waals surface area contributed by atoms with Crippen LogP contribution in [-0.4, -0.2) is 35.3 Å². The topological polar surface area (TPSA) is 70.1 Å². The van der Waals surface area contributed by atoms with E-state index in [0.29, 0.717) is 0 Å². The van der Waals surface area contributed by atoms with Gasteiger partial charge < -0.3 is 15.7 Å². The van der Waals surface area contributed by atoms with Crippen LogP contribution in [0.25, 0.3) is 0 Å². The van der Waals surface area contributed by atoms with Crippen LogP contribution in [0.2, 0.25) is 0 Å². The molecule has 0 bridgehead atoms. The van der Waals surface area contributed by atoms with Gasteiger partial charge in [0.05, 0.1) is 6.61 Å². The minimum Gasteiger partial charge on any atom is -0.396 e. The van der Waals surface area contributed by atoms with Crippen molar-refractivity contribution in [2.75, 3.05) is 30.8 Å². The van der Waals surface area contributed by atoms with Gasteiger partial charge in [0, 0.05) is 24.6 Å². The van der Waals surface area contributed by atoms with Crippen LogP contribution in [0.3, 0.4) is 0 Å². The smallest absolute Gasteiger partial charge is 0.134 e. The quantitative estimate of drug-likeness (QED) is 0.692. The minimum absolute atomic E-state index is 0.0722. The highest BCUT2D eigenvalue weighted by molar-refractivity contribution is 5.56. The molecule has 0 saturated heterocycles. The summed E-state index contributed by atoms with van der Waals surface area (Å²) in [4.78, 5) is 8.40. The summed E-state index contributed by atoms with van der Waals surface area (Å²) >= 11 is 0. The first-order valence-electron chi connectivity index (χ1n) is 6.46. The summed E-state index contributed by atoms with van der Waals surface area (Å²) in [6, 6.07) is 0. The fourth-order valence-corrected chi connectivity index (χ4v) is 1.93. The summed E-state index contributed by atoms with van der Waals surface area (Å²) in [5.41, 5.74) is 0.927. The molecule has 1 aromatic heterocycles. The van der Waals surface area contributed by atoms with Gasteiger partial charge in [-0.2, -0.15) is 0 Å². The molecule has 0 spiro atoms.